The molecule has 4 aromatic carbocycles. The molecule has 43 heavy (non-hydrogen) atoms. The van der Waals surface area contributed by atoms with Gasteiger partial charge < -0.3 is 14.2 Å². The van der Waals surface area contributed by atoms with Crippen molar-refractivity contribution in [3.05, 3.63) is 123 Å². The third kappa shape index (κ3) is 7.20. The maximum atomic E-state index is 13.6. The van der Waals surface area contributed by atoms with E-state index in [4.69, 9.17) is 14.2 Å². The number of nitrogens with one attached hydrogen (secondary N) is 1. The van der Waals surface area contributed by atoms with Gasteiger partial charge in [0.25, 0.3) is 11.8 Å². The maximum absolute atomic E-state index is 13.6. The largest absolute Gasteiger partial charge is 0.490 e. The zero-order chi connectivity index (χ0) is 30.3. The first kappa shape index (κ1) is 29.8. The zero-order valence-electron chi connectivity index (χ0n) is 23.0. The molecule has 1 aliphatic heterocycles. The quantitative estimate of drug-likeness (QED) is 0.114. The van der Waals surface area contributed by atoms with Crippen LogP contribution in [0.2, 0.25) is 0 Å². The van der Waals surface area contributed by atoms with Gasteiger partial charge in [0.2, 0.25) is 0 Å². The van der Waals surface area contributed by atoms with Crippen molar-refractivity contribution in [2.45, 2.75) is 20.1 Å². The number of anilines is 1. The number of rotatable bonds is 10. The van der Waals surface area contributed by atoms with E-state index >= 15 is 0 Å². The number of ether oxygens (including phenoxy) is 3. The van der Waals surface area contributed by atoms with Gasteiger partial charge in [-0.05, 0) is 101 Å². The fourth-order valence-electron chi connectivity index (χ4n) is 4.35. The Hall–Kier alpha value is -4.71. The Morgan fingerprint density at radius 3 is 2.28 bits per heavy atom. The molecule has 0 bridgehead atoms. The van der Waals surface area contributed by atoms with Crippen LogP contribution in [0.3, 0.4) is 0 Å². The number of halogens is 2. The molecule has 1 fully saturated rings. The van der Waals surface area contributed by atoms with Crippen LogP contribution in [0.5, 0.6) is 17.2 Å². The number of carbonyl (C=O) groups excluding carboxylic acids is 3. The maximum Gasteiger partial charge on any atom is 0.335 e. The highest BCUT2D eigenvalue weighted by molar-refractivity contribution is 14.1. The summed E-state index contributed by atoms with van der Waals surface area (Å²) < 4.78 is 31.8. The molecule has 0 spiro atoms. The topological polar surface area (TPSA) is 94.2 Å². The van der Waals surface area contributed by atoms with Crippen LogP contribution in [0.15, 0.2) is 96.6 Å². The van der Waals surface area contributed by atoms with Crippen LogP contribution in [0.1, 0.15) is 23.6 Å². The summed E-state index contributed by atoms with van der Waals surface area (Å²) in [7, 11) is 0. The van der Waals surface area contributed by atoms with Crippen molar-refractivity contribution in [3.8, 4) is 17.2 Å². The summed E-state index contributed by atoms with van der Waals surface area (Å²) in [6.45, 7) is 2.62. The lowest BCUT2D eigenvalue weighted by Crippen LogP contribution is -2.54. The van der Waals surface area contributed by atoms with Gasteiger partial charge in [-0.1, -0.05) is 42.5 Å². The van der Waals surface area contributed by atoms with E-state index in [1.165, 1.54) is 18.2 Å². The lowest BCUT2D eigenvalue weighted by atomic mass is 10.1. The minimum atomic E-state index is -0.851. The van der Waals surface area contributed by atoms with Crippen LogP contribution in [0.25, 0.3) is 6.08 Å². The summed E-state index contributed by atoms with van der Waals surface area (Å²) in [5, 5.41) is 2.24. The van der Waals surface area contributed by atoms with Gasteiger partial charge in [0.05, 0.1) is 15.9 Å². The van der Waals surface area contributed by atoms with Crippen LogP contribution < -0.4 is 24.4 Å². The second-order valence-electron chi connectivity index (χ2n) is 9.41. The summed E-state index contributed by atoms with van der Waals surface area (Å²) >= 11 is 2.07. The Balaban J connectivity index is 1.36. The van der Waals surface area contributed by atoms with E-state index in [1.54, 1.807) is 48.5 Å². The summed E-state index contributed by atoms with van der Waals surface area (Å²) in [5.74, 6) is -0.556. The summed E-state index contributed by atoms with van der Waals surface area (Å²) in [6, 6.07) is 24.7. The average Bonchev–Trinajstić information content (AvgIpc) is 2.99. The van der Waals surface area contributed by atoms with Crippen LogP contribution in [-0.4, -0.2) is 24.5 Å². The standard InChI is InChI=1S/C33H26FIN2O6/c1-2-41-29-18-23(17-28(35)30(29)43-20-22-9-6-10-24(34)15-22)16-27-31(38)36-33(40)37(32(27)39)25-11-13-26(14-12-25)42-19-21-7-4-3-5-8-21/h3-18H,2,19-20H2,1H3,(H,36,38,40)/b27-16+. The van der Waals surface area contributed by atoms with Gasteiger partial charge >= 0.3 is 6.03 Å². The Morgan fingerprint density at radius 2 is 1.56 bits per heavy atom. The van der Waals surface area contributed by atoms with Crippen LogP contribution in [0, 0.1) is 9.39 Å². The third-order valence-electron chi connectivity index (χ3n) is 6.36. The first-order valence-corrected chi connectivity index (χ1v) is 14.4. The molecule has 0 aromatic heterocycles. The number of amides is 4. The summed E-state index contributed by atoms with van der Waals surface area (Å²) in [4.78, 5) is 39.8. The average molecular weight is 692 g/mol. The van der Waals surface area contributed by atoms with Crippen molar-refractivity contribution in [3.63, 3.8) is 0 Å². The number of benzene rings is 4. The van der Waals surface area contributed by atoms with E-state index in [1.807, 2.05) is 37.3 Å². The van der Waals surface area contributed by atoms with Gasteiger partial charge in [0.1, 0.15) is 30.4 Å². The van der Waals surface area contributed by atoms with E-state index in [9.17, 15) is 18.8 Å². The van der Waals surface area contributed by atoms with Gasteiger partial charge in [0.15, 0.2) is 11.5 Å². The molecular weight excluding hydrogens is 666 g/mol. The van der Waals surface area contributed by atoms with Gasteiger partial charge in [-0.2, -0.15) is 0 Å². The third-order valence-corrected chi connectivity index (χ3v) is 7.16. The van der Waals surface area contributed by atoms with Crippen molar-refractivity contribution in [1.82, 2.24) is 5.32 Å². The van der Waals surface area contributed by atoms with Gasteiger partial charge in [0, 0.05) is 0 Å². The fourth-order valence-corrected chi connectivity index (χ4v) is 5.13. The van der Waals surface area contributed by atoms with E-state index < -0.39 is 17.8 Å². The molecule has 1 N–H and O–H groups in total. The van der Waals surface area contributed by atoms with E-state index in [0.29, 0.717) is 45.2 Å². The monoisotopic (exact) mass is 692 g/mol. The Kier molecular flexibility index (Phi) is 9.35. The number of barbiturate groups is 1. The number of urea groups is 1. The second-order valence-corrected chi connectivity index (χ2v) is 10.6. The molecule has 0 aliphatic carbocycles. The normalized spacial score (nSPS) is 14.1. The Labute approximate surface area is 261 Å². The lowest BCUT2D eigenvalue weighted by Gasteiger charge is -2.26. The smallest absolute Gasteiger partial charge is 0.335 e. The lowest BCUT2D eigenvalue weighted by molar-refractivity contribution is -0.122. The molecule has 0 saturated carbocycles. The van der Waals surface area contributed by atoms with Crippen molar-refractivity contribution in [1.29, 1.82) is 0 Å². The molecule has 10 heteroatoms. The molecule has 1 saturated heterocycles. The van der Waals surface area contributed by atoms with Crippen molar-refractivity contribution in [2.75, 3.05) is 11.5 Å². The molecule has 0 unspecified atom stereocenters. The predicted molar refractivity (Wildman–Crippen MR) is 167 cm³/mol. The summed E-state index contributed by atoms with van der Waals surface area (Å²) in [6.07, 6.45) is 1.40. The van der Waals surface area contributed by atoms with E-state index in [2.05, 4.69) is 27.9 Å². The molecule has 8 nitrogen and oxygen atoms in total. The highest BCUT2D eigenvalue weighted by Gasteiger charge is 2.37. The van der Waals surface area contributed by atoms with E-state index in [-0.39, 0.29) is 23.7 Å². The minimum absolute atomic E-state index is 0.113. The van der Waals surface area contributed by atoms with Crippen molar-refractivity contribution >= 4 is 52.2 Å². The molecule has 1 aliphatic rings. The van der Waals surface area contributed by atoms with Gasteiger partial charge in [-0.15, -0.1) is 0 Å². The fraction of sp³-hybridized carbons (Fsp3) is 0.121. The molecule has 218 valence electrons. The number of hydrogen-bond acceptors (Lipinski definition) is 6. The molecule has 4 amide bonds. The second kappa shape index (κ2) is 13.5. The first-order valence-electron chi connectivity index (χ1n) is 13.3. The predicted octanol–water partition coefficient (Wildman–Crippen LogP) is 6.65. The Morgan fingerprint density at radius 1 is 0.837 bits per heavy atom. The molecule has 1 heterocycles. The molecule has 0 radical (unpaired) electrons. The molecular formula is C33H26FIN2O6. The van der Waals surface area contributed by atoms with Gasteiger partial charge in [-0.3, -0.25) is 14.9 Å². The van der Waals surface area contributed by atoms with Crippen LogP contribution >= 0.6 is 22.6 Å². The van der Waals surface area contributed by atoms with Crippen LogP contribution in [-0.2, 0) is 22.8 Å². The molecule has 5 rings (SSSR count). The highest BCUT2D eigenvalue weighted by atomic mass is 127. The number of nitrogens with zero attached hydrogens (tertiary/aromatic N) is 1. The SMILES string of the molecule is CCOc1cc(/C=C2\C(=O)NC(=O)N(c3ccc(OCc4ccccc4)cc3)C2=O)cc(I)c1OCc1cccc(F)c1. The molecule has 4 aromatic rings. The number of hydrogen-bond donors (Lipinski definition) is 1. The van der Waals surface area contributed by atoms with Crippen molar-refractivity contribution < 1.29 is 33.0 Å². The number of carbonyl (C=O) groups is 3. The minimum Gasteiger partial charge on any atom is -0.490 e. The van der Waals surface area contributed by atoms with Gasteiger partial charge in [-0.25, -0.2) is 14.1 Å². The highest BCUT2D eigenvalue weighted by Crippen LogP contribution is 2.36. The Bertz CT molecular complexity index is 1690. The van der Waals surface area contributed by atoms with Crippen LogP contribution in [0.4, 0.5) is 14.9 Å². The van der Waals surface area contributed by atoms with Crippen molar-refractivity contribution in [2.24, 2.45) is 0 Å². The number of imide groups is 2. The first-order chi connectivity index (χ1) is 20.8. The van der Waals surface area contributed by atoms with E-state index in [0.717, 1.165) is 10.5 Å². The summed E-state index contributed by atoms with van der Waals surface area (Å²) in [5.41, 5.74) is 2.19. The zero-order valence-corrected chi connectivity index (χ0v) is 25.2. The molecule has 0 atom stereocenters.